The van der Waals surface area contributed by atoms with Crippen LogP contribution in [0.1, 0.15) is 41.4 Å². The Morgan fingerprint density at radius 2 is 1.74 bits per heavy atom. The minimum Gasteiger partial charge on any atom is -0.469 e. The number of Topliss-reactive ketones (excluding diaryl/α,β-unsaturated/α-hetero) is 1. The second-order valence-electron chi connectivity index (χ2n) is 8.60. The number of aromatic nitrogens is 2. The van der Waals surface area contributed by atoms with Gasteiger partial charge >= 0.3 is 5.97 Å². The number of carbonyl (C=O) groups is 2. The normalized spacial score (nSPS) is 15.5. The molecule has 7 heteroatoms. The van der Waals surface area contributed by atoms with Crippen LogP contribution >= 0.6 is 0 Å². The van der Waals surface area contributed by atoms with Crippen LogP contribution in [-0.2, 0) is 22.4 Å². The molecule has 1 unspecified atom stereocenters. The summed E-state index contributed by atoms with van der Waals surface area (Å²) < 4.78 is 11.1. The molecule has 0 spiro atoms. The van der Waals surface area contributed by atoms with Gasteiger partial charge in [0.05, 0.1) is 18.2 Å². The largest absolute Gasteiger partial charge is 0.469 e. The Labute approximate surface area is 206 Å². The molecule has 7 nitrogen and oxygen atoms in total. The monoisotopic (exact) mass is 473 g/mol. The number of benzene rings is 2. The molecule has 1 saturated heterocycles. The van der Waals surface area contributed by atoms with E-state index in [0.717, 1.165) is 31.5 Å². The van der Waals surface area contributed by atoms with E-state index in [-0.39, 0.29) is 24.3 Å². The van der Waals surface area contributed by atoms with Gasteiger partial charge in [-0.1, -0.05) is 60.7 Å². The third-order valence-electron chi connectivity index (χ3n) is 6.03. The maximum Gasteiger partial charge on any atom is 0.310 e. The summed E-state index contributed by atoms with van der Waals surface area (Å²) in [5.41, 5.74) is 2.65. The van der Waals surface area contributed by atoms with E-state index in [1.807, 2.05) is 48.2 Å². The van der Waals surface area contributed by atoms with Crippen molar-refractivity contribution in [1.29, 1.82) is 0 Å². The van der Waals surface area contributed by atoms with Gasteiger partial charge in [-0.15, -0.1) is 0 Å². The molecule has 1 atom stereocenters. The molecule has 0 aliphatic carbocycles. The summed E-state index contributed by atoms with van der Waals surface area (Å²) in [6.45, 7) is 3.33. The van der Waals surface area contributed by atoms with Gasteiger partial charge in [0.2, 0.25) is 11.8 Å². The zero-order valence-electron chi connectivity index (χ0n) is 20.1. The van der Waals surface area contributed by atoms with E-state index >= 15 is 0 Å². The SMILES string of the molecule is CCOC(=O)C1CCCN(c2nc(CCc3ccccc3)cc(OCC(=O)c3ccccc3)n2)C1. The predicted molar refractivity (Wildman–Crippen MR) is 134 cm³/mol. The number of ether oxygens (including phenoxy) is 2. The highest BCUT2D eigenvalue weighted by Gasteiger charge is 2.28. The molecule has 0 bridgehead atoms. The summed E-state index contributed by atoms with van der Waals surface area (Å²) in [4.78, 5) is 36.3. The molecular weight excluding hydrogens is 442 g/mol. The summed E-state index contributed by atoms with van der Waals surface area (Å²) in [5.74, 6) is 0.385. The van der Waals surface area contributed by atoms with E-state index < -0.39 is 0 Å². The van der Waals surface area contributed by atoms with E-state index in [4.69, 9.17) is 14.5 Å². The van der Waals surface area contributed by atoms with Gasteiger partial charge < -0.3 is 14.4 Å². The first-order chi connectivity index (χ1) is 17.1. The van der Waals surface area contributed by atoms with Gasteiger partial charge in [-0.05, 0) is 38.2 Å². The number of carbonyl (C=O) groups excluding carboxylic acids is 2. The summed E-state index contributed by atoms with van der Waals surface area (Å²) in [6, 6.07) is 21.1. The van der Waals surface area contributed by atoms with Gasteiger partial charge in [-0.3, -0.25) is 9.59 Å². The number of hydrogen-bond acceptors (Lipinski definition) is 7. The Kier molecular flexibility index (Phi) is 8.44. The third-order valence-corrected chi connectivity index (χ3v) is 6.03. The minimum absolute atomic E-state index is 0.107. The first-order valence-corrected chi connectivity index (χ1v) is 12.2. The van der Waals surface area contributed by atoms with Crippen LogP contribution in [0.2, 0.25) is 0 Å². The number of anilines is 1. The quantitative estimate of drug-likeness (QED) is 0.321. The van der Waals surface area contributed by atoms with E-state index in [1.54, 1.807) is 18.2 Å². The van der Waals surface area contributed by atoms with Crippen LogP contribution in [0.5, 0.6) is 5.88 Å². The van der Waals surface area contributed by atoms with Crippen LogP contribution in [-0.4, -0.2) is 48.0 Å². The fourth-order valence-corrected chi connectivity index (χ4v) is 4.18. The number of piperidine rings is 1. The Balaban J connectivity index is 1.52. The fraction of sp³-hybridized carbons (Fsp3) is 0.357. The lowest BCUT2D eigenvalue weighted by Crippen LogP contribution is -2.40. The van der Waals surface area contributed by atoms with Gasteiger partial charge in [-0.2, -0.15) is 4.98 Å². The van der Waals surface area contributed by atoms with Crippen LogP contribution in [0.3, 0.4) is 0 Å². The van der Waals surface area contributed by atoms with Crippen molar-refractivity contribution in [3.05, 3.63) is 83.6 Å². The van der Waals surface area contributed by atoms with Crippen molar-refractivity contribution in [3.63, 3.8) is 0 Å². The van der Waals surface area contributed by atoms with Crippen molar-refractivity contribution in [2.24, 2.45) is 5.92 Å². The van der Waals surface area contributed by atoms with Crippen LogP contribution in [0, 0.1) is 5.92 Å². The topological polar surface area (TPSA) is 81.6 Å². The van der Waals surface area contributed by atoms with E-state index in [9.17, 15) is 9.59 Å². The van der Waals surface area contributed by atoms with Crippen molar-refractivity contribution in [3.8, 4) is 5.88 Å². The van der Waals surface area contributed by atoms with Gasteiger partial charge in [0.25, 0.3) is 0 Å². The number of rotatable bonds is 10. The second-order valence-corrected chi connectivity index (χ2v) is 8.60. The molecule has 35 heavy (non-hydrogen) atoms. The van der Waals surface area contributed by atoms with E-state index in [1.165, 1.54) is 5.56 Å². The summed E-state index contributed by atoms with van der Waals surface area (Å²) in [6.07, 6.45) is 3.17. The molecule has 2 aromatic carbocycles. The highest BCUT2D eigenvalue weighted by Crippen LogP contribution is 2.24. The minimum atomic E-state index is -0.204. The molecule has 182 valence electrons. The number of hydrogen-bond donors (Lipinski definition) is 0. The molecule has 1 aromatic heterocycles. The lowest BCUT2D eigenvalue weighted by atomic mass is 9.98. The van der Waals surface area contributed by atoms with E-state index in [2.05, 4.69) is 17.1 Å². The highest BCUT2D eigenvalue weighted by atomic mass is 16.5. The number of nitrogens with zero attached hydrogens (tertiary/aromatic N) is 3. The average Bonchev–Trinajstić information content (AvgIpc) is 2.92. The van der Waals surface area contributed by atoms with Crippen molar-refractivity contribution in [1.82, 2.24) is 9.97 Å². The van der Waals surface area contributed by atoms with Crippen LogP contribution in [0.4, 0.5) is 5.95 Å². The van der Waals surface area contributed by atoms with Crippen molar-refractivity contribution in [2.75, 3.05) is 31.2 Å². The summed E-state index contributed by atoms with van der Waals surface area (Å²) >= 11 is 0. The van der Waals surface area contributed by atoms with Gasteiger partial charge in [0.1, 0.15) is 0 Å². The first-order valence-electron chi connectivity index (χ1n) is 12.2. The van der Waals surface area contributed by atoms with Crippen molar-refractivity contribution >= 4 is 17.7 Å². The molecule has 1 aliphatic rings. The molecule has 1 aliphatic heterocycles. The zero-order valence-corrected chi connectivity index (χ0v) is 20.1. The van der Waals surface area contributed by atoms with Gasteiger partial charge in [0.15, 0.2) is 12.4 Å². The molecule has 2 heterocycles. The summed E-state index contributed by atoms with van der Waals surface area (Å²) in [5, 5.41) is 0. The molecule has 3 aromatic rings. The zero-order chi connectivity index (χ0) is 24.5. The molecule has 4 rings (SSSR count). The van der Waals surface area contributed by atoms with Crippen molar-refractivity contribution < 1.29 is 19.1 Å². The number of ketones is 1. The Bertz CT molecular complexity index is 1120. The fourth-order valence-electron chi connectivity index (χ4n) is 4.18. The highest BCUT2D eigenvalue weighted by molar-refractivity contribution is 5.97. The Hall–Kier alpha value is -3.74. The lowest BCUT2D eigenvalue weighted by molar-refractivity contribution is -0.148. The summed E-state index contributed by atoms with van der Waals surface area (Å²) in [7, 11) is 0. The molecule has 0 amide bonds. The number of aryl methyl sites for hydroxylation is 2. The molecule has 0 saturated carbocycles. The second kappa shape index (κ2) is 12.1. The lowest BCUT2D eigenvalue weighted by Gasteiger charge is -2.31. The third kappa shape index (κ3) is 6.88. The van der Waals surface area contributed by atoms with Crippen molar-refractivity contribution in [2.45, 2.75) is 32.6 Å². The first kappa shape index (κ1) is 24.4. The maximum atomic E-state index is 12.5. The Morgan fingerprint density at radius 3 is 2.49 bits per heavy atom. The van der Waals surface area contributed by atoms with Crippen LogP contribution in [0.15, 0.2) is 66.7 Å². The maximum absolute atomic E-state index is 12.5. The number of esters is 1. The molecule has 0 radical (unpaired) electrons. The van der Waals surface area contributed by atoms with Crippen LogP contribution < -0.4 is 9.64 Å². The smallest absolute Gasteiger partial charge is 0.310 e. The predicted octanol–water partition coefficient (Wildman–Crippen LogP) is 4.30. The molecule has 1 fully saturated rings. The Morgan fingerprint density at radius 1 is 1.00 bits per heavy atom. The molecular formula is C28H31N3O4. The van der Waals surface area contributed by atoms with E-state index in [0.29, 0.717) is 37.0 Å². The van der Waals surface area contributed by atoms with Gasteiger partial charge in [-0.25, -0.2) is 4.98 Å². The standard InChI is InChI=1S/C28H31N3O4/c1-2-34-27(33)23-14-9-17-31(19-23)28-29-24(16-15-21-10-5-3-6-11-21)18-26(30-28)35-20-25(32)22-12-7-4-8-13-22/h3-8,10-13,18,23H,2,9,14-17,19-20H2,1H3. The molecule has 0 N–H and O–H groups in total. The van der Waals surface area contributed by atoms with Crippen LogP contribution in [0.25, 0.3) is 0 Å². The van der Waals surface area contributed by atoms with Gasteiger partial charge in [0, 0.05) is 24.7 Å². The average molecular weight is 474 g/mol.